The maximum atomic E-state index is 12.6. The molecule has 1 aliphatic rings. The Bertz CT molecular complexity index is 549. The van der Waals surface area contributed by atoms with Crippen molar-refractivity contribution in [3.8, 4) is 0 Å². The molecule has 0 aliphatic carbocycles. The highest BCUT2D eigenvalue weighted by Crippen LogP contribution is 2.29. The number of hydrogen-bond acceptors (Lipinski definition) is 4. The third-order valence-corrected chi connectivity index (χ3v) is 6.32. The number of anilines is 1. The molecule has 0 bridgehead atoms. The summed E-state index contributed by atoms with van der Waals surface area (Å²) in [6.07, 6.45) is 0. The Balaban J connectivity index is 2.50. The smallest absolute Gasteiger partial charge is 0.245 e. The summed E-state index contributed by atoms with van der Waals surface area (Å²) in [6.45, 7) is 4.86. The van der Waals surface area contributed by atoms with E-state index in [9.17, 15) is 8.42 Å². The fourth-order valence-electron chi connectivity index (χ4n) is 2.07. The molecule has 1 heterocycles. The van der Waals surface area contributed by atoms with Crippen molar-refractivity contribution in [1.29, 1.82) is 0 Å². The summed E-state index contributed by atoms with van der Waals surface area (Å²) < 4.78 is 26.8. The van der Waals surface area contributed by atoms with E-state index >= 15 is 0 Å². The molecule has 0 atom stereocenters. The minimum atomic E-state index is -3.45. The Kier molecular flexibility index (Phi) is 3.89. The van der Waals surface area contributed by atoms with Crippen LogP contribution in [0.2, 0.25) is 0 Å². The lowest BCUT2D eigenvalue weighted by Gasteiger charge is -2.27. The van der Waals surface area contributed by atoms with Crippen LogP contribution >= 0.6 is 11.8 Å². The van der Waals surface area contributed by atoms with Gasteiger partial charge in [-0.1, -0.05) is 6.07 Å². The van der Waals surface area contributed by atoms with Crippen LogP contribution in [0.15, 0.2) is 17.0 Å². The van der Waals surface area contributed by atoms with Crippen LogP contribution < -0.4 is 5.73 Å². The Morgan fingerprint density at radius 2 is 1.83 bits per heavy atom. The van der Waals surface area contributed by atoms with Crippen molar-refractivity contribution >= 4 is 27.5 Å². The van der Waals surface area contributed by atoms with E-state index in [0.717, 1.165) is 22.6 Å². The molecule has 4 nitrogen and oxygen atoms in total. The van der Waals surface area contributed by atoms with Crippen molar-refractivity contribution in [3.05, 3.63) is 23.3 Å². The van der Waals surface area contributed by atoms with Gasteiger partial charge in [-0.2, -0.15) is 16.1 Å². The minimum absolute atomic E-state index is 0.286. The van der Waals surface area contributed by atoms with Gasteiger partial charge >= 0.3 is 0 Å². The van der Waals surface area contributed by atoms with E-state index in [1.807, 2.05) is 19.9 Å². The average molecular weight is 286 g/mol. The van der Waals surface area contributed by atoms with Gasteiger partial charge in [-0.25, -0.2) is 8.42 Å². The van der Waals surface area contributed by atoms with E-state index in [-0.39, 0.29) is 4.90 Å². The molecule has 1 saturated heterocycles. The molecule has 1 aliphatic heterocycles. The van der Waals surface area contributed by atoms with Crippen LogP contribution in [0.5, 0.6) is 0 Å². The summed E-state index contributed by atoms with van der Waals surface area (Å²) in [5.74, 6) is 1.70. The first-order valence-corrected chi connectivity index (χ1v) is 8.47. The number of benzene rings is 1. The first-order chi connectivity index (χ1) is 8.44. The van der Waals surface area contributed by atoms with Gasteiger partial charge in [0.05, 0.1) is 5.69 Å². The Labute approximate surface area is 113 Å². The van der Waals surface area contributed by atoms with Crippen LogP contribution in [0, 0.1) is 13.8 Å². The Morgan fingerprint density at radius 1 is 1.22 bits per heavy atom. The largest absolute Gasteiger partial charge is 0.398 e. The molecule has 1 aromatic carbocycles. The van der Waals surface area contributed by atoms with Crippen molar-refractivity contribution in [2.75, 3.05) is 30.3 Å². The van der Waals surface area contributed by atoms with Crippen LogP contribution in [0.3, 0.4) is 0 Å². The fourth-order valence-corrected chi connectivity index (χ4v) is 5.04. The molecular formula is C12H18N2O2S2. The first kappa shape index (κ1) is 13.7. The van der Waals surface area contributed by atoms with Gasteiger partial charge in [0.1, 0.15) is 4.90 Å². The Morgan fingerprint density at radius 3 is 2.44 bits per heavy atom. The highest BCUT2D eigenvalue weighted by molar-refractivity contribution is 7.99. The summed E-state index contributed by atoms with van der Waals surface area (Å²) in [7, 11) is -3.45. The highest BCUT2D eigenvalue weighted by Gasteiger charge is 2.29. The number of nitrogens with two attached hydrogens (primary N) is 1. The zero-order valence-electron chi connectivity index (χ0n) is 10.6. The second-order valence-electron chi connectivity index (χ2n) is 4.44. The van der Waals surface area contributed by atoms with E-state index in [0.29, 0.717) is 18.8 Å². The lowest BCUT2D eigenvalue weighted by atomic mass is 10.1. The fraction of sp³-hybridized carbons (Fsp3) is 0.500. The van der Waals surface area contributed by atoms with Crippen molar-refractivity contribution in [1.82, 2.24) is 4.31 Å². The third kappa shape index (κ3) is 2.37. The maximum Gasteiger partial charge on any atom is 0.245 e. The van der Waals surface area contributed by atoms with Gasteiger partial charge in [0.2, 0.25) is 10.0 Å². The van der Waals surface area contributed by atoms with Crippen LogP contribution in [0.1, 0.15) is 11.1 Å². The lowest BCUT2D eigenvalue weighted by Crippen LogP contribution is -2.38. The SMILES string of the molecule is Cc1ccc(N)c(S(=O)(=O)N2CCSCC2)c1C. The summed E-state index contributed by atoms with van der Waals surface area (Å²) >= 11 is 1.78. The molecule has 0 spiro atoms. The number of aryl methyl sites for hydroxylation is 1. The molecule has 100 valence electrons. The average Bonchev–Trinajstić information content (AvgIpc) is 2.35. The summed E-state index contributed by atoms with van der Waals surface area (Å²) in [4.78, 5) is 0.286. The number of nitrogens with zero attached hydrogens (tertiary/aromatic N) is 1. The van der Waals surface area contributed by atoms with Crippen molar-refractivity contribution in [2.24, 2.45) is 0 Å². The molecule has 18 heavy (non-hydrogen) atoms. The van der Waals surface area contributed by atoms with Crippen LogP contribution in [0.4, 0.5) is 5.69 Å². The molecule has 1 aromatic rings. The standard InChI is InChI=1S/C12H18N2O2S2/c1-9-3-4-11(13)12(10(9)2)18(15,16)14-5-7-17-8-6-14/h3-4H,5-8,13H2,1-2H3. The zero-order valence-corrected chi connectivity index (χ0v) is 12.3. The van der Waals surface area contributed by atoms with Gasteiger partial charge in [-0.05, 0) is 31.0 Å². The molecule has 0 unspecified atom stereocenters. The molecule has 2 rings (SSSR count). The van der Waals surface area contributed by atoms with Gasteiger partial charge < -0.3 is 5.73 Å². The summed E-state index contributed by atoms with van der Waals surface area (Å²) in [5.41, 5.74) is 7.93. The highest BCUT2D eigenvalue weighted by atomic mass is 32.2. The minimum Gasteiger partial charge on any atom is -0.398 e. The predicted molar refractivity (Wildman–Crippen MR) is 76.4 cm³/mol. The third-order valence-electron chi connectivity index (χ3n) is 3.28. The van der Waals surface area contributed by atoms with Crippen LogP contribution in [-0.4, -0.2) is 37.3 Å². The van der Waals surface area contributed by atoms with Crippen molar-refractivity contribution in [2.45, 2.75) is 18.7 Å². The van der Waals surface area contributed by atoms with Gasteiger partial charge in [-0.15, -0.1) is 0 Å². The van der Waals surface area contributed by atoms with E-state index in [1.165, 1.54) is 0 Å². The number of nitrogen functional groups attached to an aromatic ring is 1. The quantitative estimate of drug-likeness (QED) is 0.839. The van der Waals surface area contributed by atoms with E-state index in [2.05, 4.69) is 0 Å². The second kappa shape index (κ2) is 5.11. The van der Waals surface area contributed by atoms with Crippen molar-refractivity contribution < 1.29 is 8.42 Å². The monoisotopic (exact) mass is 286 g/mol. The summed E-state index contributed by atoms with van der Waals surface area (Å²) in [6, 6.07) is 3.53. The molecule has 0 radical (unpaired) electrons. The number of sulfonamides is 1. The van der Waals surface area contributed by atoms with Gasteiger partial charge in [0.25, 0.3) is 0 Å². The van der Waals surface area contributed by atoms with Gasteiger partial charge in [-0.3, -0.25) is 0 Å². The molecule has 0 saturated carbocycles. The normalized spacial score (nSPS) is 17.9. The predicted octanol–water partition coefficient (Wildman–Crippen LogP) is 1.62. The number of rotatable bonds is 2. The molecule has 0 amide bonds. The van der Waals surface area contributed by atoms with E-state index in [1.54, 1.807) is 22.1 Å². The van der Waals surface area contributed by atoms with Crippen LogP contribution in [0.25, 0.3) is 0 Å². The van der Waals surface area contributed by atoms with Crippen LogP contribution in [-0.2, 0) is 10.0 Å². The molecule has 6 heteroatoms. The van der Waals surface area contributed by atoms with Gasteiger partial charge in [0, 0.05) is 24.6 Å². The second-order valence-corrected chi connectivity index (χ2v) is 7.54. The topological polar surface area (TPSA) is 63.4 Å². The number of hydrogen-bond donors (Lipinski definition) is 1. The Hall–Kier alpha value is -0.720. The van der Waals surface area contributed by atoms with E-state index < -0.39 is 10.0 Å². The molecule has 2 N–H and O–H groups in total. The van der Waals surface area contributed by atoms with Gasteiger partial charge in [0.15, 0.2) is 0 Å². The van der Waals surface area contributed by atoms with E-state index in [4.69, 9.17) is 5.73 Å². The zero-order chi connectivity index (χ0) is 13.3. The first-order valence-electron chi connectivity index (χ1n) is 5.88. The number of thioether (sulfide) groups is 1. The molecular weight excluding hydrogens is 268 g/mol. The maximum absolute atomic E-state index is 12.6. The summed E-state index contributed by atoms with van der Waals surface area (Å²) in [5, 5.41) is 0. The van der Waals surface area contributed by atoms with Crippen molar-refractivity contribution in [3.63, 3.8) is 0 Å². The lowest BCUT2D eigenvalue weighted by molar-refractivity contribution is 0.443. The molecule has 1 fully saturated rings. The molecule has 0 aromatic heterocycles.